The molecule has 0 atom stereocenters. The third-order valence-corrected chi connectivity index (χ3v) is 5.04. The number of hydrogen-bond donors (Lipinski definition) is 1. The first-order valence-electron chi connectivity index (χ1n) is 8.75. The maximum absolute atomic E-state index is 12.1. The summed E-state index contributed by atoms with van der Waals surface area (Å²) in [5.41, 5.74) is 4.77. The predicted octanol–water partition coefficient (Wildman–Crippen LogP) is 3.61. The summed E-state index contributed by atoms with van der Waals surface area (Å²) >= 11 is 3.21. The number of halogens is 1. The lowest BCUT2D eigenvalue weighted by molar-refractivity contribution is 0.0923. The van der Waals surface area contributed by atoms with E-state index in [1.807, 2.05) is 16.8 Å². The van der Waals surface area contributed by atoms with E-state index in [2.05, 4.69) is 26.2 Å². The summed E-state index contributed by atoms with van der Waals surface area (Å²) in [5, 5.41) is 7.73. The van der Waals surface area contributed by atoms with E-state index in [1.165, 1.54) is 24.1 Å². The number of furan rings is 1. The van der Waals surface area contributed by atoms with E-state index < -0.39 is 0 Å². The standard InChI is InChI=1S/C19H19BrN4O2/c20-17-6-5-16(26-17)19(25)22-11-12-24-15-4-2-1-3-14(15)18(23-24)13-7-9-21-10-8-13/h5-10H,1-4,11-12H2,(H,22,25). The number of carbonyl (C=O) groups excluding carboxylic acids is 1. The van der Waals surface area contributed by atoms with E-state index >= 15 is 0 Å². The Kier molecular flexibility index (Phi) is 4.88. The molecule has 0 fully saturated rings. The van der Waals surface area contributed by atoms with Gasteiger partial charge in [-0.05, 0) is 65.9 Å². The van der Waals surface area contributed by atoms with E-state index in [0.29, 0.717) is 23.5 Å². The normalized spacial score (nSPS) is 13.4. The maximum Gasteiger partial charge on any atom is 0.287 e. The van der Waals surface area contributed by atoms with E-state index in [1.54, 1.807) is 24.5 Å². The molecule has 0 saturated heterocycles. The minimum absolute atomic E-state index is 0.217. The van der Waals surface area contributed by atoms with Crippen molar-refractivity contribution in [2.45, 2.75) is 32.2 Å². The van der Waals surface area contributed by atoms with Crippen LogP contribution in [0.5, 0.6) is 0 Å². The van der Waals surface area contributed by atoms with Crippen molar-refractivity contribution in [1.29, 1.82) is 0 Å². The number of hydrogen-bond acceptors (Lipinski definition) is 4. The molecule has 0 bridgehead atoms. The van der Waals surface area contributed by atoms with Gasteiger partial charge in [-0.2, -0.15) is 5.10 Å². The number of rotatable bonds is 5. The molecule has 3 aromatic heterocycles. The Morgan fingerprint density at radius 2 is 2.00 bits per heavy atom. The predicted molar refractivity (Wildman–Crippen MR) is 101 cm³/mol. The first-order valence-corrected chi connectivity index (χ1v) is 9.54. The Morgan fingerprint density at radius 1 is 1.19 bits per heavy atom. The summed E-state index contributed by atoms with van der Waals surface area (Å²) in [4.78, 5) is 16.2. The zero-order valence-corrected chi connectivity index (χ0v) is 15.8. The van der Waals surface area contributed by atoms with Crippen LogP contribution in [0.3, 0.4) is 0 Å². The molecule has 3 heterocycles. The fourth-order valence-corrected chi connectivity index (χ4v) is 3.70. The molecule has 0 aliphatic heterocycles. The number of aromatic nitrogens is 3. The highest BCUT2D eigenvalue weighted by molar-refractivity contribution is 9.10. The van der Waals surface area contributed by atoms with Gasteiger partial charge in [-0.1, -0.05) is 0 Å². The van der Waals surface area contributed by atoms with E-state index in [0.717, 1.165) is 24.1 Å². The van der Waals surface area contributed by atoms with Crippen LogP contribution in [0.25, 0.3) is 11.3 Å². The lowest BCUT2D eigenvalue weighted by Crippen LogP contribution is -2.27. The summed E-state index contributed by atoms with van der Waals surface area (Å²) in [6, 6.07) is 7.35. The first-order chi connectivity index (χ1) is 12.7. The van der Waals surface area contributed by atoms with E-state index in [9.17, 15) is 4.79 Å². The van der Waals surface area contributed by atoms with Gasteiger partial charge in [0.05, 0.1) is 12.2 Å². The third-order valence-electron chi connectivity index (χ3n) is 4.62. The fraction of sp³-hybridized carbons (Fsp3) is 0.316. The van der Waals surface area contributed by atoms with Crippen LogP contribution in [0.1, 0.15) is 34.7 Å². The quantitative estimate of drug-likeness (QED) is 0.691. The number of nitrogens with zero attached hydrogens (tertiary/aromatic N) is 3. The molecule has 4 rings (SSSR count). The second-order valence-corrected chi connectivity index (χ2v) is 7.08. The number of fused-ring (bicyclic) bond motifs is 1. The number of nitrogens with one attached hydrogen (secondary N) is 1. The monoisotopic (exact) mass is 414 g/mol. The highest BCUT2D eigenvalue weighted by atomic mass is 79.9. The van der Waals surface area contributed by atoms with Crippen molar-refractivity contribution in [3.8, 4) is 11.3 Å². The van der Waals surface area contributed by atoms with Crippen LogP contribution >= 0.6 is 15.9 Å². The molecular weight excluding hydrogens is 396 g/mol. The van der Waals surface area contributed by atoms with Crippen molar-refractivity contribution in [3.05, 3.63) is 58.3 Å². The Balaban J connectivity index is 1.50. The van der Waals surface area contributed by atoms with Crippen LogP contribution in [0.15, 0.2) is 45.7 Å². The summed E-state index contributed by atoms with van der Waals surface area (Å²) < 4.78 is 7.87. The van der Waals surface area contributed by atoms with Gasteiger partial charge in [0.2, 0.25) is 0 Å². The van der Waals surface area contributed by atoms with Gasteiger partial charge in [0.15, 0.2) is 10.4 Å². The molecular formula is C19H19BrN4O2. The molecule has 134 valence electrons. The Bertz CT molecular complexity index is 917. The Labute approximate surface area is 159 Å². The zero-order chi connectivity index (χ0) is 17.9. The average molecular weight is 415 g/mol. The smallest absolute Gasteiger partial charge is 0.287 e. The van der Waals surface area contributed by atoms with Gasteiger partial charge in [0, 0.05) is 35.8 Å². The van der Waals surface area contributed by atoms with Gasteiger partial charge < -0.3 is 9.73 Å². The van der Waals surface area contributed by atoms with Crippen LogP contribution < -0.4 is 5.32 Å². The van der Waals surface area contributed by atoms with Crippen LogP contribution in [0.4, 0.5) is 0 Å². The van der Waals surface area contributed by atoms with Gasteiger partial charge in [-0.15, -0.1) is 0 Å². The lowest BCUT2D eigenvalue weighted by atomic mass is 9.94. The fourth-order valence-electron chi connectivity index (χ4n) is 3.40. The molecule has 3 aromatic rings. The largest absolute Gasteiger partial charge is 0.444 e. The average Bonchev–Trinajstić information content (AvgIpc) is 3.27. The second-order valence-electron chi connectivity index (χ2n) is 6.30. The highest BCUT2D eigenvalue weighted by Gasteiger charge is 2.21. The maximum atomic E-state index is 12.1. The highest BCUT2D eigenvalue weighted by Crippen LogP contribution is 2.30. The van der Waals surface area contributed by atoms with Gasteiger partial charge in [0.1, 0.15) is 0 Å². The molecule has 7 heteroatoms. The van der Waals surface area contributed by atoms with Gasteiger partial charge in [-0.3, -0.25) is 14.5 Å². The van der Waals surface area contributed by atoms with Crippen molar-refractivity contribution in [2.75, 3.05) is 6.54 Å². The number of pyridine rings is 1. The van der Waals surface area contributed by atoms with E-state index in [4.69, 9.17) is 9.52 Å². The lowest BCUT2D eigenvalue weighted by Gasteiger charge is -2.14. The molecule has 0 aromatic carbocycles. The Morgan fingerprint density at radius 3 is 2.77 bits per heavy atom. The van der Waals surface area contributed by atoms with Crippen molar-refractivity contribution in [3.63, 3.8) is 0 Å². The molecule has 1 amide bonds. The summed E-state index contributed by atoms with van der Waals surface area (Å²) in [5.74, 6) is 0.0860. The van der Waals surface area contributed by atoms with Crippen molar-refractivity contribution < 1.29 is 9.21 Å². The molecule has 0 spiro atoms. The van der Waals surface area contributed by atoms with E-state index in [-0.39, 0.29) is 5.91 Å². The molecule has 6 nitrogen and oxygen atoms in total. The third kappa shape index (κ3) is 3.44. The molecule has 26 heavy (non-hydrogen) atoms. The molecule has 0 saturated carbocycles. The minimum Gasteiger partial charge on any atom is -0.444 e. The van der Waals surface area contributed by atoms with Gasteiger partial charge in [0.25, 0.3) is 5.91 Å². The molecule has 1 aliphatic carbocycles. The molecule has 0 radical (unpaired) electrons. The van der Waals surface area contributed by atoms with Gasteiger partial charge >= 0.3 is 0 Å². The molecule has 1 N–H and O–H groups in total. The molecule has 0 unspecified atom stereocenters. The minimum atomic E-state index is -0.217. The van der Waals surface area contributed by atoms with Crippen LogP contribution in [-0.4, -0.2) is 27.2 Å². The SMILES string of the molecule is O=C(NCCn1nc(-c2ccncc2)c2c1CCCC2)c1ccc(Br)o1. The topological polar surface area (TPSA) is 73.0 Å². The van der Waals surface area contributed by atoms with Crippen LogP contribution in [0, 0.1) is 0 Å². The molecule has 1 aliphatic rings. The Hall–Kier alpha value is -2.41. The summed E-state index contributed by atoms with van der Waals surface area (Å²) in [7, 11) is 0. The second kappa shape index (κ2) is 7.45. The van der Waals surface area contributed by atoms with Crippen LogP contribution in [0.2, 0.25) is 0 Å². The zero-order valence-electron chi connectivity index (χ0n) is 14.2. The summed E-state index contributed by atoms with van der Waals surface area (Å²) in [6.45, 7) is 1.14. The van der Waals surface area contributed by atoms with Crippen molar-refractivity contribution >= 4 is 21.8 Å². The van der Waals surface area contributed by atoms with Crippen molar-refractivity contribution in [1.82, 2.24) is 20.1 Å². The summed E-state index contributed by atoms with van der Waals surface area (Å²) in [6.07, 6.45) is 8.06. The number of amides is 1. The number of carbonyl (C=O) groups is 1. The first kappa shape index (κ1) is 17.0. The van der Waals surface area contributed by atoms with Gasteiger partial charge in [-0.25, -0.2) is 0 Å². The van der Waals surface area contributed by atoms with Crippen molar-refractivity contribution in [2.24, 2.45) is 0 Å². The van der Waals surface area contributed by atoms with Crippen LogP contribution in [-0.2, 0) is 19.4 Å².